The van der Waals surface area contributed by atoms with Gasteiger partial charge in [-0.25, -0.2) is 0 Å². The van der Waals surface area contributed by atoms with Gasteiger partial charge in [-0.3, -0.25) is 0 Å². The van der Waals surface area contributed by atoms with E-state index >= 15 is 0 Å². The molecule has 3 N–H and O–H groups in total. The van der Waals surface area contributed by atoms with Crippen LogP contribution < -0.4 is 5.73 Å². The summed E-state index contributed by atoms with van der Waals surface area (Å²) in [5, 5.41) is 11.0. The fourth-order valence-electron chi connectivity index (χ4n) is 4.49. The van der Waals surface area contributed by atoms with Gasteiger partial charge < -0.3 is 15.6 Å². The number of allylic oxidation sites excluding steroid dienone is 3. The Balaban J connectivity index is 0.00000190. The van der Waals surface area contributed by atoms with Gasteiger partial charge in [-0.05, 0) is 74.2 Å². The third-order valence-electron chi connectivity index (χ3n) is 6.18. The Hall–Kier alpha value is -1.16. The third-order valence-corrected chi connectivity index (χ3v) is 6.18. The van der Waals surface area contributed by atoms with Gasteiger partial charge >= 0.3 is 0 Å². The van der Waals surface area contributed by atoms with Crippen LogP contribution in [0.2, 0.25) is 0 Å². The zero-order valence-corrected chi connectivity index (χ0v) is 18.8. The molecule has 0 heterocycles. The van der Waals surface area contributed by atoms with E-state index in [1.54, 1.807) is 7.11 Å². The normalized spacial score (nSPS) is 28.1. The Morgan fingerprint density at radius 3 is 2.61 bits per heavy atom. The molecule has 3 heteroatoms. The standard InChI is InChI=1S/C23H37NO2.C2H6/c1-5-17-10-8-7-9-11-18(17)14-22(24)23(25)20(6-2)21-15-19(26-4)13-12-16(21)3;1-2/h5-6,12,15,17-19,22-23,25H,1,7-11,13-14,24H2,2-4H3;1-2H3/b20-6+;/t17?,18?,19?,22-,23?;/m1./s1. The first-order valence-electron chi connectivity index (χ1n) is 11.2. The van der Waals surface area contributed by atoms with Crippen molar-refractivity contribution in [2.75, 3.05) is 7.11 Å². The van der Waals surface area contributed by atoms with Crippen LogP contribution in [-0.4, -0.2) is 30.5 Å². The molecule has 0 aliphatic heterocycles. The molecule has 5 atom stereocenters. The molecule has 0 spiro atoms. The molecule has 1 fully saturated rings. The fourth-order valence-corrected chi connectivity index (χ4v) is 4.49. The number of aliphatic hydroxyl groups is 1. The SMILES string of the molecule is C=CC1CCCCCC1C[C@@H](N)C(O)/C(=C/C)C1=CC(OC)CC=C1C.CC. The second-order valence-electron chi connectivity index (χ2n) is 7.86. The number of ether oxygens (including phenoxy) is 1. The number of rotatable bonds is 7. The Labute approximate surface area is 173 Å². The lowest BCUT2D eigenvalue weighted by molar-refractivity contribution is 0.140. The summed E-state index contributed by atoms with van der Waals surface area (Å²) in [6.07, 6.45) is 15.8. The third kappa shape index (κ3) is 6.72. The minimum atomic E-state index is -0.654. The molecule has 2 rings (SSSR count). The van der Waals surface area contributed by atoms with Crippen molar-refractivity contribution in [2.45, 2.75) is 90.9 Å². The number of hydrogen-bond acceptors (Lipinski definition) is 3. The highest BCUT2D eigenvalue weighted by molar-refractivity contribution is 5.50. The molecular weight excluding hydrogens is 346 g/mol. The van der Waals surface area contributed by atoms with E-state index in [2.05, 4.69) is 31.7 Å². The number of hydrogen-bond donors (Lipinski definition) is 2. The van der Waals surface area contributed by atoms with Crippen LogP contribution in [0, 0.1) is 11.8 Å². The highest BCUT2D eigenvalue weighted by Gasteiger charge is 2.29. The van der Waals surface area contributed by atoms with Gasteiger partial charge in [-0.1, -0.05) is 51.3 Å². The first-order chi connectivity index (χ1) is 13.5. The van der Waals surface area contributed by atoms with Crippen molar-refractivity contribution in [3.63, 3.8) is 0 Å². The first-order valence-corrected chi connectivity index (χ1v) is 11.2. The summed E-state index contributed by atoms with van der Waals surface area (Å²) in [5.41, 5.74) is 9.71. The minimum Gasteiger partial charge on any atom is -0.387 e. The van der Waals surface area contributed by atoms with Crippen LogP contribution in [0.1, 0.15) is 72.6 Å². The Bertz CT molecular complexity index is 561. The lowest BCUT2D eigenvalue weighted by Crippen LogP contribution is -2.39. The summed E-state index contributed by atoms with van der Waals surface area (Å²) < 4.78 is 5.50. The lowest BCUT2D eigenvalue weighted by atomic mass is 9.80. The molecule has 0 saturated heterocycles. The van der Waals surface area contributed by atoms with E-state index in [0.717, 1.165) is 24.0 Å². The van der Waals surface area contributed by atoms with Crippen molar-refractivity contribution < 1.29 is 9.84 Å². The van der Waals surface area contributed by atoms with Gasteiger partial charge in [0.25, 0.3) is 0 Å². The number of nitrogens with two attached hydrogens (primary N) is 1. The molecule has 0 aromatic heterocycles. The van der Waals surface area contributed by atoms with Crippen LogP contribution in [0.5, 0.6) is 0 Å². The molecule has 0 bridgehead atoms. The zero-order valence-electron chi connectivity index (χ0n) is 18.8. The monoisotopic (exact) mass is 389 g/mol. The summed E-state index contributed by atoms with van der Waals surface area (Å²) in [7, 11) is 1.73. The van der Waals surface area contributed by atoms with E-state index in [4.69, 9.17) is 10.5 Å². The molecule has 2 aliphatic rings. The van der Waals surface area contributed by atoms with Gasteiger partial charge in [0.05, 0.1) is 12.2 Å². The van der Waals surface area contributed by atoms with Crippen LogP contribution in [-0.2, 0) is 4.74 Å². The van der Waals surface area contributed by atoms with Crippen molar-refractivity contribution in [1.82, 2.24) is 0 Å². The molecule has 160 valence electrons. The molecule has 2 aliphatic carbocycles. The molecule has 0 radical (unpaired) electrons. The van der Waals surface area contributed by atoms with Crippen molar-refractivity contribution in [3.8, 4) is 0 Å². The number of aliphatic hydroxyl groups excluding tert-OH is 1. The topological polar surface area (TPSA) is 55.5 Å². The fraction of sp³-hybridized carbons (Fsp3) is 0.680. The molecule has 3 nitrogen and oxygen atoms in total. The molecule has 0 amide bonds. The van der Waals surface area contributed by atoms with Crippen molar-refractivity contribution in [1.29, 1.82) is 0 Å². The van der Waals surface area contributed by atoms with Crippen molar-refractivity contribution >= 4 is 0 Å². The summed E-state index contributed by atoms with van der Waals surface area (Å²) in [4.78, 5) is 0. The van der Waals surface area contributed by atoms with Gasteiger partial charge in [0.1, 0.15) is 0 Å². The Kier molecular flexibility index (Phi) is 11.7. The maximum absolute atomic E-state index is 11.0. The second kappa shape index (κ2) is 13.1. The average molecular weight is 390 g/mol. The Morgan fingerprint density at radius 1 is 1.32 bits per heavy atom. The maximum atomic E-state index is 11.0. The average Bonchev–Trinajstić information content (AvgIpc) is 2.96. The smallest absolute Gasteiger partial charge is 0.0943 e. The minimum absolute atomic E-state index is 0.0686. The highest BCUT2D eigenvalue weighted by atomic mass is 16.5. The first kappa shape index (κ1) is 24.9. The van der Waals surface area contributed by atoms with Crippen LogP contribution in [0.3, 0.4) is 0 Å². The molecule has 0 aromatic carbocycles. The largest absolute Gasteiger partial charge is 0.387 e. The molecule has 4 unspecified atom stereocenters. The van der Waals surface area contributed by atoms with Crippen LogP contribution in [0.4, 0.5) is 0 Å². The van der Waals surface area contributed by atoms with Crippen molar-refractivity contribution in [2.24, 2.45) is 17.6 Å². The quantitative estimate of drug-likeness (QED) is 0.433. The summed E-state index contributed by atoms with van der Waals surface area (Å²) in [6.45, 7) is 12.1. The second-order valence-corrected chi connectivity index (χ2v) is 7.86. The van der Waals surface area contributed by atoms with Gasteiger partial charge in [0.2, 0.25) is 0 Å². The van der Waals surface area contributed by atoms with E-state index in [-0.39, 0.29) is 12.1 Å². The highest BCUT2D eigenvalue weighted by Crippen LogP contribution is 2.35. The maximum Gasteiger partial charge on any atom is 0.0943 e. The van der Waals surface area contributed by atoms with E-state index in [9.17, 15) is 5.11 Å². The van der Waals surface area contributed by atoms with E-state index in [1.807, 2.05) is 26.8 Å². The molecular formula is C25H43NO2. The van der Waals surface area contributed by atoms with E-state index in [0.29, 0.717) is 11.8 Å². The van der Waals surface area contributed by atoms with Crippen LogP contribution >= 0.6 is 0 Å². The summed E-state index contributed by atoms with van der Waals surface area (Å²) in [5.74, 6) is 1.06. The summed E-state index contributed by atoms with van der Waals surface area (Å²) in [6, 6.07) is -0.261. The predicted molar refractivity (Wildman–Crippen MR) is 121 cm³/mol. The van der Waals surface area contributed by atoms with Crippen molar-refractivity contribution in [3.05, 3.63) is 47.6 Å². The summed E-state index contributed by atoms with van der Waals surface area (Å²) >= 11 is 0. The molecule has 0 aromatic rings. The number of methoxy groups -OCH3 is 1. The molecule has 1 saturated carbocycles. The predicted octanol–water partition coefficient (Wildman–Crippen LogP) is 5.71. The Morgan fingerprint density at radius 2 is 2.00 bits per heavy atom. The van der Waals surface area contributed by atoms with E-state index < -0.39 is 6.10 Å². The van der Waals surface area contributed by atoms with Crippen LogP contribution in [0.25, 0.3) is 0 Å². The van der Waals surface area contributed by atoms with Gasteiger partial charge in [-0.2, -0.15) is 0 Å². The van der Waals surface area contributed by atoms with Gasteiger partial charge in [-0.15, -0.1) is 6.58 Å². The lowest BCUT2D eigenvalue weighted by Gasteiger charge is -2.31. The van der Waals surface area contributed by atoms with Crippen LogP contribution in [0.15, 0.2) is 47.6 Å². The van der Waals surface area contributed by atoms with Gasteiger partial charge in [0.15, 0.2) is 0 Å². The zero-order chi connectivity index (χ0) is 21.1. The molecule has 28 heavy (non-hydrogen) atoms. The van der Waals surface area contributed by atoms with Gasteiger partial charge in [0, 0.05) is 13.2 Å². The van der Waals surface area contributed by atoms with E-state index in [1.165, 1.54) is 37.7 Å².